The van der Waals surface area contributed by atoms with Crippen molar-refractivity contribution >= 4 is 10.0 Å². The van der Waals surface area contributed by atoms with Crippen molar-refractivity contribution in [1.29, 1.82) is 0 Å². The molecule has 0 unspecified atom stereocenters. The largest absolute Gasteiger partial charge is 0.495 e. The van der Waals surface area contributed by atoms with E-state index < -0.39 is 21.9 Å². The van der Waals surface area contributed by atoms with Gasteiger partial charge in [0.1, 0.15) is 16.5 Å². The molecule has 0 aliphatic carbocycles. The van der Waals surface area contributed by atoms with Crippen molar-refractivity contribution in [3.63, 3.8) is 0 Å². The van der Waals surface area contributed by atoms with E-state index in [4.69, 9.17) is 4.74 Å². The molecule has 0 fully saturated rings. The molecule has 0 heterocycles. The summed E-state index contributed by atoms with van der Waals surface area (Å²) >= 11 is 0. The molecule has 0 amide bonds. The molecule has 0 saturated heterocycles. The molecule has 2 aromatic rings. The molecule has 0 saturated carbocycles. The van der Waals surface area contributed by atoms with Gasteiger partial charge in [0.2, 0.25) is 10.0 Å². The summed E-state index contributed by atoms with van der Waals surface area (Å²) in [6.45, 7) is -0.184. The molecule has 5 nitrogen and oxygen atoms in total. The Bertz CT molecular complexity index is 750. The van der Waals surface area contributed by atoms with Gasteiger partial charge < -0.3 is 9.84 Å². The molecule has 2 N–H and O–H groups in total. The van der Waals surface area contributed by atoms with E-state index in [1.54, 1.807) is 0 Å². The number of hydrogen-bond donors (Lipinski definition) is 2. The number of rotatable bonds is 7. The SMILES string of the molecule is COc1ccc(F)cc1S(=O)(=O)NC[C@H](O)Cc1ccccc1. The second kappa shape index (κ2) is 7.54. The second-order valence-electron chi connectivity index (χ2n) is 4.99. The Hall–Kier alpha value is -1.96. The monoisotopic (exact) mass is 339 g/mol. The lowest BCUT2D eigenvalue weighted by atomic mass is 10.1. The Morgan fingerprint density at radius 1 is 1.22 bits per heavy atom. The third kappa shape index (κ3) is 4.75. The van der Waals surface area contributed by atoms with Crippen LogP contribution in [0.1, 0.15) is 5.56 Å². The number of nitrogens with one attached hydrogen (secondary N) is 1. The molecular weight excluding hydrogens is 321 g/mol. The van der Waals surface area contributed by atoms with Gasteiger partial charge in [-0.15, -0.1) is 0 Å². The Labute approximate surface area is 134 Å². The average molecular weight is 339 g/mol. The first-order chi connectivity index (χ1) is 10.9. The van der Waals surface area contributed by atoms with E-state index in [1.807, 2.05) is 30.3 Å². The van der Waals surface area contributed by atoms with Crippen molar-refractivity contribution < 1.29 is 22.7 Å². The van der Waals surface area contributed by atoms with Crippen LogP contribution in [0.5, 0.6) is 5.75 Å². The van der Waals surface area contributed by atoms with E-state index in [0.717, 1.165) is 17.7 Å². The lowest BCUT2D eigenvalue weighted by Gasteiger charge is -2.14. The fourth-order valence-corrected chi connectivity index (χ4v) is 3.35. The topological polar surface area (TPSA) is 75.6 Å². The highest BCUT2D eigenvalue weighted by atomic mass is 32.2. The van der Waals surface area contributed by atoms with E-state index in [9.17, 15) is 17.9 Å². The smallest absolute Gasteiger partial charge is 0.244 e. The van der Waals surface area contributed by atoms with E-state index in [0.29, 0.717) is 6.42 Å². The molecule has 124 valence electrons. The fraction of sp³-hybridized carbons (Fsp3) is 0.250. The van der Waals surface area contributed by atoms with Crippen LogP contribution in [0.3, 0.4) is 0 Å². The zero-order chi connectivity index (χ0) is 16.9. The zero-order valence-electron chi connectivity index (χ0n) is 12.6. The minimum atomic E-state index is -3.99. The van der Waals surface area contributed by atoms with Gasteiger partial charge in [0.15, 0.2) is 0 Å². The van der Waals surface area contributed by atoms with Gasteiger partial charge >= 0.3 is 0 Å². The third-order valence-electron chi connectivity index (χ3n) is 3.24. The number of aliphatic hydroxyl groups excluding tert-OH is 1. The molecule has 0 aromatic heterocycles. The molecule has 0 bridgehead atoms. The summed E-state index contributed by atoms with van der Waals surface area (Å²) in [7, 11) is -2.69. The van der Waals surface area contributed by atoms with E-state index in [2.05, 4.69) is 4.72 Å². The molecule has 0 radical (unpaired) electrons. The van der Waals surface area contributed by atoms with Crippen LogP contribution >= 0.6 is 0 Å². The number of hydrogen-bond acceptors (Lipinski definition) is 4. The van der Waals surface area contributed by atoms with Gasteiger partial charge in [-0.2, -0.15) is 0 Å². The maximum absolute atomic E-state index is 13.3. The summed E-state index contributed by atoms with van der Waals surface area (Å²) in [4.78, 5) is -0.299. The average Bonchev–Trinajstić information content (AvgIpc) is 2.54. The van der Waals surface area contributed by atoms with Gasteiger partial charge in [-0.3, -0.25) is 0 Å². The van der Waals surface area contributed by atoms with Crippen LogP contribution in [0.4, 0.5) is 4.39 Å². The Balaban J connectivity index is 2.05. The molecule has 2 aromatic carbocycles. The van der Waals surface area contributed by atoms with Crippen LogP contribution in [0.2, 0.25) is 0 Å². The highest BCUT2D eigenvalue weighted by molar-refractivity contribution is 7.89. The number of halogens is 1. The normalized spacial score (nSPS) is 12.8. The lowest BCUT2D eigenvalue weighted by Crippen LogP contribution is -2.33. The van der Waals surface area contributed by atoms with Crippen LogP contribution < -0.4 is 9.46 Å². The van der Waals surface area contributed by atoms with Gasteiger partial charge in [0, 0.05) is 6.54 Å². The van der Waals surface area contributed by atoms with Crippen molar-refractivity contribution in [3.05, 3.63) is 59.9 Å². The maximum Gasteiger partial charge on any atom is 0.244 e. The standard InChI is InChI=1S/C16H18FNO4S/c1-22-15-8-7-13(17)10-16(15)23(20,21)18-11-14(19)9-12-5-3-2-4-6-12/h2-8,10,14,18-19H,9,11H2,1H3/t14-/m1/s1. The van der Waals surface area contributed by atoms with E-state index >= 15 is 0 Å². The highest BCUT2D eigenvalue weighted by Gasteiger charge is 2.21. The van der Waals surface area contributed by atoms with Crippen molar-refractivity contribution in [1.82, 2.24) is 4.72 Å². The number of benzene rings is 2. The minimum Gasteiger partial charge on any atom is -0.495 e. The summed E-state index contributed by atoms with van der Waals surface area (Å²) in [5.41, 5.74) is 0.891. The van der Waals surface area contributed by atoms with Crippen molar-refractivity contribution in [2.45, 2.75) is 17.4 Å². The van der Waals surface area contributed by atoms with Gasteiger partial charge in [-0.1, -0.05) is 30.3 Å². The van der Waals surface area contributed by atoms with Gasteiger partial charge in [-0.25, -0.2) is 17.5 Å². The molecule has 0 spiro atoms. The van der Waals surface area contributed by atoms with Crippen LogP contribution in [0.15, 0.2) is 53.4 Å². The van der Waals surface area contributed by atoms with E-state index in [1.165, 1.54) is 13.2 Å². The molecular formula is C16H18FNO4S. The number of ether oxygens (including phenoxy) is 1. The van der Waals surface area contributed by atoms with Crippen LogP contribution in [0, 0.1) is 5.82 Å². The van der Waals surface area contributed by atoms with Crippen molar-refractivity contribution in [3.8, 4) is 5.75 Å². The summed E-state index contributed by atoms with van der Waals surface area (Å²) in [5, 5.41) is 9.96. The summed E-state index contributed by atoms with van der Waals surface area (Å²) in [6, 6.07) is 12.4. The highest BCUT2D eigenvalue weighted by Crippen LogP contribution is 2.24. The number of sulfonamides is 1. The van der Waals surface area contributed by atoms with Crippen molar-refractivity contribution in [2.75, 3.05) is 13.7 Å². The quantitative estimate of drug-likeness (QED) is 0.805. The van der Waals surface area contributed by atoms with Crippen molar-refractivity contribution in [2.24, 2.45) is 0 Å². The first-order valence-corrected chi connectivity index (χ1v) is 8.46. The van der Waals surface area contributed by atoms with Gasteiger partial charge in [-0.05, 0) is 30.2 Å². The van der Waals surface area contributed by atoms with Gasteiger partial charge in [0.25, 0.3) is 0 Å². The number of methoxy groups -OCH3 is 1. The molecule has 2 rings (SSSR count). The molecule has 0 aliphatic heterocycles. The Morgan fingerprint density at radius 2 is 1.91 bits per heavy atom. The van der Waals surface area contributed by atoms with Crippen LogP contribution in [0.25, 0.3) is 0 Å². The summed E-state index contributed by atoms with van der Waals surface area (Å²) < 4.78 is 45.0. The molecule has 23 heavy (non-hydrogen) atoms. The Morgan fingerprint density at radius 3 is 2.57 bits per heavy atom. The summed E-state index contributed by atoms with van der Waals surface area (Å²) in [5.74, 6) is -0.646. The third-order valence-corrected chi connectivity index (χ3v) is 4.68. The molecule has 0 aliphatic rings. The van der Waals surface area contributed by atoms with Gasteiger partial charge in [0.05, 0.1) is 13.2 Å². The Kier molecular flexibility index (Phi) is 5.70. The first-order valence-electron chi connectivity index (χ1n) is 6.97. The number of aliphatic hydroxyl groups is 1. The zero-order valence-corrected chi connectivity index (χ0v) is 13.4. The predicted octanol–water partition coefficient (Wildman–Crippen LogP) is 1.72. The predicted molar refractivity (Wildman–Crippen MR) is 84.3 cm³/mol. The fourth-order valence-electron chi connectivity index (χ4n) is 2.10. The van der Waals surface area contributed by atoms with E-state index in [-0.39, 0.29) is 17.2 Å². The maximum atomic E-state index is 13.3. The molecule has 7 heteroatoms. The van der Waals surface area contributed by atoms with Crippen LogP contribution in [-0.2, 0) is 16.4 Å². The first kappa shape index (κ1) is 17.4. The minimum absolute atomic E-state index is 0.0384. The second-order valence-corrected chi connectivity index (χ2v) is 6.73. The summed E-state index contributed by atoms with van der Waals surface area (Å²) in [6.07, 6.45) is -0.587. The molecule has 1 atom stereocenters. The lowest BCUT2D eigenvalue weighted by molar-refractivity contribution is 0.179. The van der Waals surface area contributed by atoms with Crippen LogP contribution in [-0.4, -0.2) is 33.3 Å².